The van der Waals surface area contributed by atoms with Crippen molar-refractivity contribution in [2.45, 2.75) is 33.0 Å². The molecule has 0 bridgehead atoms. The molecule has 1 aromatic rings. The van der Waals surface area contributed by atoms with E-state index in [0.29, 0.717) is 18.2 Å². The van der Waals surface area contributed by atoms with Crippen LogP contribution in [-0.2, 0) is 0 Å². The summed E-state index contributed by atoms with van der Waals surface area (Å²) >= 11 is 0. The van der Waals surface area contributed by atoms with Gasteiger partial charge in [-0.2, -0.15) is 0 Å². The van der Waals surface area contributed by atoms with Crippen molar-refractivity contribution in [3.8, 4) is 5.88 Å². The molecule has 0 saturated carbocycles. The Kier molecular flexibility index (Phi) is 4.30. The third kappa shape index (κ3) is 4.60. The molecule has 0 fully saturated rings. The Labute approximate surface area is 89.5 Å². The average Bonchev–Trinajstić information content (AvgIpc) is 2.14. The van der Waals surface area contributed by atoms with Gasteiger partial charge in [-0.1, -0.05) is 0 Å². The van der Waals surface area contributed by atoms with Crippen molar-refractivity contribution in [1.82, 2.24) is 9.97 Å². The van der Waals surface area contributed by atoms with Crippen molar-refractivity contribution in [3.63, 3.8) is 0 Å². The molecule has 84 valence electrons. The van der Waals surface area contributed by atoms with Crippen LogP contribution in [0.15, 0.2) is 12.4 Å². The van der Waals surface area contributed by atoms with Crippen molar-refractivity contribution in [2.75, 3.05) is 11.9 Å². The molecule has 0 aromatic carbocycles. The molecule has 15 heavy (non-hydrogen) atoms. The number of hydrogen-bond acceptors (Lipinski definition) is 5. The van der Waals surface area contributed by atoms with Gasteiger partial charge in [0.05, 0.1) is 12.2 Å². The molecule has 2 N–H and O–H groups in total. The van der Waals surface area contributed by atoms with E-state index in [-0.39, 0.29) is 6.10 Å². The maximum absolute atomic E-state index is 9.09. The molecule has 0 aliphatic heterocycles. The Morgan fingerprint density at radius 1 is 1.40 bits per heavy atom. The van der Waals surface area contributed by atoms with E-state index < -0.39 is 6.10 Å². The minimum absolute atomic E-state index is 0.0875. The monoisotopic (exact) mass is 211 g/mol. The first kappa shape index (κ1) is 11.7. The number of rotatable bonds is 5. The lowest BCUT2D eigenvalue weighted by Gasteiger charge is -2.10. The predicted octanol–water partition coefficient (Wildman–Crippen LogP) is 1.06. The number of nitrogens with zero attached hydrogens (tertiary/aromatic N) is 2. The molecule has 1 aromatic heterocycles. The summed E-state index contributed by atoms with van der Waals surface area (Å²) in [5.74, 6) is 1.19. The molecule has 0 aliphatic rings. The minimum atomic E-state index is -0.408. The number of aliphatic hydroxyl groups is 1. The summed E-state index contributed by atoms with van der Waals surface area (Å²) in [7, 11) is 0. The van der Waals surface area contributed by atoms with Crippen molar-refractivity contribution < 1.29 is 9.84 Å². The van der Waals surface area contributed by atoms with Crippen LogP contribution in [0.4, 0.5) is 5.82 Å². The van der Waals surface area contributed by atoms with E-state index in [9.17, 15) is 0 Å². The van der Waals surface area contributed by atoms with Gasteiger partial charge < -0.3 is 15.2 Å². The second kappa shape index (κ2) is 5.50. The normalized spacial score (nSPS) is 12.6. The molecule has 1 heterocycles. The smallest absolute Gasteiger partial charge is 0.218 e. The van der Waals surface area contributed by atoms with E-state index in [4.69, 9.17) is 9.84 Å². The summed E-state index contributed by atoms with van der Waals surface area (Å²) in [5.41, 5.74) is 0. The first-order valence-electron chi connectivity index (χ1n) is 4.98. The highest BCUT2D eigenvalue weighted by Gasteiger charge is 2.02. The molecular formula is C10H17N3O2. The summed E-state index contributed by atoms with van der Waals surface area (Å²) in [6.07, 6.45) is 1.11. The van der Waals surface area contributed by atoms with Crippen LogP contribution >= 0.6 is 0 Å². The van der Waals surface area contributed by atoms with Gasteiger partial charge in [-0.15, -0.1) is 0 Å². The highest BCUT2D eigenvalue weighted by Crippen LogP contribution is 2.12. The van der Waals surface area contributed by atoms with Crippen LogP contribution in [0.2, 0.25) is 0 Å². The second-order valence-electron chi connectivity index (χ2n) is 3.64. The zero-order valence-corrected chi connectivity index (χ0v) is 9.27. The van der Waals surface area contributed by atoms with Crippen molar-refractivity contribution in [1.29, 1.82) is 0 Å². The van der Waals surface area contributed by atoms with Crippen LogP contribution in [0.3, 0.4) is 0 Å². The fourth-order valence-corrected chi connectivity index (χ4v) is 0.994. The molecule has 0 radical (unpaired) electrons. The molecule has 5 nitrogen and oxygen atoms in total. The standard InChI is InChI=1S/C10H17N3O2/c1-7(2)15-10-4-9(12-6-13-10)11-5-8(3)14/h4,6-8,14H,5H2,1-3H3,(H,11,12,13). The van der Waals surface area contributed by atoms with Gasteiger partial charge in [0.15, 0.2) is 0 Å². The first-order valence-corrected chi connectivity index (χ1v) is 4.98. The van der Waals surface area contributed by atoms with Crippen LogP contribution in [-0.4, -0.2) is 33.8 Å². The van der Waals surface area contributed by atoms with Crippen LogP contribution in [0.1, 0.15) is 20.8 Å². The van der Waals surface area contributed by atoms with Gasteiger partial charge in [0.1, 0.15) is 12.1 Å². The summed E-state index contributed by atoms with van der Waals surface area (Å²) in [6, 6.07) is 1.71. The summed E-state index contributed by atoms with van der Waals surface area (Å²) in [6.45, 7) is 6.04. The molecule has 0 saturated heterocycles. The number of hydrogen-bond donors (Lipinski definition) is 2. The molecule has 1 unspecified atom stereocenters. The maximum Gasteiger partial charge on any atom is 0.218 e. The highest BCUT2D eigenvalue weighted by molar-refractivity contribution is 5.37. The molecule has 0 amide bonds. The third-order valence-electron chi connectivity index (χ3n) is 1.58. The highest BCUT2D eigenvalue weighted by atomic mass is 16.5. The number of nitrogens with one attached hydrogen (secondary N) is 1. The lowest BCUT2D eigenvalue weighted by Crippen LogP contribution is -2.16. The summed E-state index contributed by atoms with van der Waals surface area (Å²) < 4.78 is 5.41. The number of aromatic nitrogens is 2. The fourth-order valence-electron chi connectivity index (χ4n) is 0.994. The van der Waals surface area contributed by atoms with Gasteiger partial charge in [-0.25, -0.2) is 9.97 Å². The van der Waals surface area contributed by atoms with Crippen LogP contribution in [0, 0.1) is 0 Å². The lowest BCUT2D eigenvalue weighted by atomic mass is 10.4. The van der Waals surface area contributed by atoms with E-state index in [1.165, 1.54) is 6.33 Å². The van der Waals surface area contributed by atoms with E-state index in [0.717, 1.165) is 0 Å². The maximum atomic E-state index is 9.09. The van der Waals surface area contributed by atoms with Gasteiger partial charge in [0.25, 0.3) is 0 Å². The van der Waals surface area contributed by atoms with Crippen LogP contribution in [0.5, 0.6) is 5.88 Å². The largest absolute Gasteiger partial charge is 0.475 e. The Balaban J connectivity index is 2.57. The quantitative estimate of drug-likeness (QED) is 0.762. The zero-order chi connectivity index (χ0) is 11.3. The third-order valence-corrected chi connectivity index (χ3v) is 1.58. The summed E-state index contributed by atoms with van der Waals surface area (Å²) in [4.78, 5) is 7.98. The van der Waals surface area contributed by atoms with Gasteiger partial charge in [0.2, 0.25) is 5.88 Å². The van der Waals surface area contributed by atoms with E-state index >= 15 is 0 Å². The first-order chi connectivity index (χ1) is 7.08. The molecular weight excluding hydrogens is 194 g/mol. The van der Waals surface area contributed by atoms with E-state index in [1.807, 2.05) is 13.8 Å². The Hall–Kier alpha value is -1.36. The molecule has 1 atom stereocenters. The van der Waals surface area contributed by atoms with E-state index in [1.54, 1.807) is 13.0 Å². The molecule has 1 rings (SSSR count). The zero-order valence-electron chi connectivity index (χ0n) is 9.27. The number of anilines is 1. The van der Waals surface area contributed by atoms with Crippen LogP contribution < -0.4 is 10.1 Å². The fraction of sp³-hybridized carbons (Fsp3) is 0.600. The van der Waals surface area contributed by atoms with Crippen LogP contribution in [0.25, 0.3) is 0 Å². The number of aliphatic hydroxyl groups excluding tert-OH is 1. The molecule has 0 spiro atoms. The van der Waals surface area contributed by atoms with Crippen molar-refractivity contribution in [3.05, 3.63) is 12.4 Å². The second-order valence-corrected chi connectivity index (χ2v) is 3.64. The SMILES string of the molecule is CC(O)CNc1cc(OC(C)C)ncn1. The van der Waals surface area contributed by atoms with Gasteiger partial charge in [0, 0.05) is 12.6 Å². The Morgan fingerprint density at radius 2 is 2.13 bits per heavy atom. The summed E-state index contributed by atoms with van der Waals surface area (Å²) in [5, 5.41) is 12.1. The van der Waals surface area contributed by atoms with Crippen molar-refractivity contribution in [2.24, 2.45) is 0 Å². The van der Waals surface area contributed by atoms with Gasteiger partial charge in [-0.05, 0) is 20.8 Å². The predicted molar refractivity (Wildman–Crippen MR) is 58.0 cm³/mol. The average molecular weight is 211 g/mol. The molecule has 5 heteroatoms. The van der Waals surface area contributed by atoms with Gasteiger partial charge >= 0.3 is 0 Å². The Morgan fingerprint density at radius 3 is 2.73 bits per heavy atom. The van der Waals surface area contributed by atoms with Crippen molar-refractivity contribution >= 4 is 5.82 Å². The van der Waals surface area contributed by atoms with Gasteiger partial charge in [-0.3, -0.25) is 0 Å². The Bertz CT molecular complexity index is 302. The number of ether oxygens (including phenoxy) is 1. The van der Waals surface area contributed by atoms with E-state index in [2.05, 4.69) is 15.3 Å². The molecule has 0 aliphatic carbocycles. The lowest BCUT2D eigenvalue weighted by molar-refractivity contribution is 0.208. The topological polar surface area (TPSA) is 67.3 Å². The minimum Gasteiger partial charge on any atom is -0.475 e.